The molecule has 154 valence electrons. The number of hydrogen-bond donors (Lipinski definition) is 1. The smallest absolute Gasteiger partial charge is 0.270 e. The predicted octanol–water partition coefficient (Wildman–Crippen LogP) is 2.03. The van der Waals surface area contributed by atoms with Crippen LogP contribution in [-0.2, 0) is 10.2 Å². The highest BCUT2D eigenvalue weighted by molar-refractivity contribution is 5.92. The summed E-state index contributed by atoms with van der Waals surface area (Å²) in [6, 6.07) is 5.39. The van der Waals surface area contributed by atoms with Crippen LogP contribution in [0.15, 0.2) is 22.7 Å². The van der Waals surface area contributed by atoms with Crippen LogP contribution < -0.4 is 5.32 Å². The first kappa shape index (κ1) is 19.5. The molecule has 1 N–H and O–H groups in total. The van der Waals surface area contributed by atoms with Gasteiger partial charge in [-0.25, -0.2) is 4.98 Å². The lowest BCUT2D eigenvalue weighted by atomic mass is 9.80. The van der Waals surface area contributed by atoms with E-state index in [1.807, 2.05) is 37.8 Å². The number of aromatic nitrogens is 3. The van der Waals surface area contributed by atoms with E-state index in [1.165, 1.54) is 0 Å². The molecule has 1 aliphatic carbocycles. The van der Waals surface area contributed by atoms with Gasteiger partial charge in [0.05, 0.1) is 5.41 Å². The lowest BCUT2D eigenvalue weighted by molar-refractivity contribution is -0.133. The molecule has 0 aromatic carbocycles. The standard InChI is InChI=1S/C21H27N5O3/c1-12(2)19(28)26-10-15-8-16(24-18(27)17-7-5-6-13(3)22-17)9-21(15,11-26)20-23-14(4)25-29-20/h5-7,12,15-16H,8-11H2,1-4H3,(H,24,27)/t15-,16+,21-/m0/s1. The van der Waals surface area contributed by atoms with Gasteiger partial charge in [0.15, 0.2) is 5.82 Å². The maximum absolute atomic E-state index is 12.7. The second-order valence-electron chi connectivity index (χ2n) is 8.65. The first-order valence-corrected chi connectivity index (χ1v) is 10.1. The van der Waals surface area contributed by atoms with Gasteiger partial charge in [0.1, 0.15) is 5.69 Å². The summed E-state index contributed by atoms with van der Waals surface area (Å²) in [7, 11) is 0. The number of amides is 2. The predicted molar refractivity (Wildman–Crippen MR) is 105 cm³/mol. The van der Waals surface area contributed by atoms with Crippen molar-refractivity contribution in [2.45, 2.75) is 52.0 Å². The second kappa shape index (κ2) is 7.24. The van der Waals surface area contributed by atoms with Gasteiger partial charge in [-0.1, -0.05) is 25.1 Å². The highest BCUT2D eigenvalue weighted by atomic mass is 16.5. The van der Waals surface area contributed by atoms with Gasteiger partial charge in [-0.05, 0) is 44.7 Å². The van der Waals surface area contributed by atoms with Crippen molar-refractivity contribution in [1.82, 2.24) is 25.3 Å². The van der Waals surface area contributed by atoms with Crippen LogP contribution in [0.25, 0.3) is 0 Å². The van der Waals surface area contributed by atoms with Gasteiger partial charge in [0, 0.05) is 30.7 Å². The van der Waals surface area contributed by atoms with Crippen LogP contribution in [0, 0.1) is 25.7 Å². The third kappa shape index (κ3) is 3.52. The molecule has 0 bridgehead atoms. The van der Waals surface area contributed by atoms with Crippen molar-refractivity contribution in [3.8, 4) is 0 Å². The monoisotopic (exact) mass is 397 g/mol. The molecule has 2 fully saturated rings. The molecule has 0 spiro atoms. The van der Waals surface area contributed by atoms with Crippen LogP contribution in [0.3, 0.4) is 0 Å². The SMILES string of the molecule is Cc1cccc(C(=O)N[C@@H]2C[C@H]3CN(C(=O)C(C)C)C[C@@]3(c3nc(C)no3)C2)n1. The van der Waals surface area contributed by atoms with Crippen molar-refractivity contribution in [2.24, 2.45) is 11.8 Å². The zero-order chi connectivity index (χ0) is 20.8. The van der Waals surface area contributed by atoms with Gasteiger partial charge in [0.25, 0.3) is 5.91 Å². The van der Waals surface area contributed by atoms with Crippen LogP contribution in [0.2, 0.25) is 0 Å². The quantitative estimate of drug-likeness (QED) is 0.847. The van der Waals surface area contributed by atoms with Crippen molar-refractivity contribution < 1.29 is 14.1 Å². The summed E-state index contributed by atoms with van der Waals surface area (Å²) >= 11 is 0. The summed E-state index contributed by atoms with van der Waals surface area (Å²) in [5.74, 6) is 1.23. The molecule has 2 amide bonds. The Morgan fingerprint density at radius 2 is 2.07 bits per heavy atom. The fraction of sp³-hybridized carbons (Fsp3) is 0.571. The summed E-state index contributed by atoms with van der Waals surface area (Å²) in [4.78, 5) is 36.0. The van der Waals surface area contributed by atoms with Gasteiger partial charge in [-0.15, -0.1) is 0 Å². The van der Waals surface area contributed by atoms with Gasteiger partial charge in [0.2, 0.25) is 11.8 Å². The fourth-order valence-electron chi connectivity index (χ4n) is 4.77. The van der Waals surface area contributed by atoms with Crippen LogP contribution >= 0.6 is 0 Å². The van der Waals surface area contributed by atoms with Crippen molar-refractivity contribution in [3.63, 3.8) is 0 Å². The lowest BCUT2D eigenvalue weighted by Crippen LogP contribution is -2.40. The number of nitrogens with zero attached hydrogens (tertiary/aromatic N) is 4. The Hall–Kier alpha value is -2.77. The first-order valence-electron chi connectivity index (χ1n) is 10.1. The van der Waals surface area contributed by atoms with Crippen molar-refractivity contribution in [2.75, 3.05) is 13.1 Å². The number of carbonyl (C=O) groups excluding carboxylic acids is 2. The molecule has 1 saturated heterocycles. The number of nitrogens with one attached hydrogen (secondary N) is 1. The number of likely N-dealkylation sites (tertiary alicyclic amines) is 1. The van der Waals surface area contributed by atoms with Crippen LogP contribution in [0.4, 0.5) is 0 Å². The maximum atomic E-state index is 12.7. The molecule has 1 saturated carbocycles. The molecule has 2 aromatic rings. The minimum atomic E-state index is -0.413. The van der Waals surface area contributed by atoms with E-state index in [2.05, 4.69) is 20.4 Å². The summed E-state index contributed by atoms with van der Waals surface area (Å²) in [6.07, 6.45) is 1.43. The molecular weight excluding hydrogens is 370 g/mol. The molecule has 8 heteroatoms. The second-order valence-corrected chi connectivity index (χ2v) is 8.65. The van der Waals surface area contributed by atoms with Crippen molar-refractivity contribution >= 4 is 11.8 Å². The topological polar surface area (TPSA) is 101 Å². The van der Waals surface area contributed by atoms with Crippen LogP contribution in [0.5, 0.6) is 0 Å². The summed E-state index contributed by atoms with van der Waals surface area (Å²) < 4.78 is 5.57. The zero-order valence-corrected chi connectivity index (χ0v) is 17.3. The highest BCUT2D eigenvalue weighted by Gasteiger charge is 2.58. The van der Waals surface area contributed by atoms with E-state index in [1.54, 1.807) is 13.0 Å². The lowest BCUT2D eigenvalue weighted by Gasteiger charge is -2.26. The molecule has 4 rings (SSSR count). The van der Waals surface area contributed by atoms with E-state index in [-0.39, 0.29) is 29.7 Å². The summed E-state index contributed by atoms with van der Waals surface area (Å²) in [6.45, 7) is 8.68. The van der Waals surface area contributed by atoms with E-state index < -0.39 is 5.41 Å². The zero-order valence-electron chi connectivity index (χ0n) is 17.3. The van der Waals surface area contributed by atoms with Crippen molar-refractivity contribution in [1.29, 1.82) is 0 Å². The van der Waals surface area contributed by atoms with E-state index >= 15 is 0 Å². The van der Waals surface area contributed by atoms with E-state index in [4.69, 9.17) is 4.52 Å². The maximum Gasteiger partial charge on any atom is 0.270 e. The van der Waals surface area contributed by atoms with Gasteiger partial charge < -0.3 is 14.7 Å². The van der Waals surface area contributed by atoms with E-state index in [9.17, 15) is 9.59 Å². The molecule has 2 aromatic heterocycles. The summed E-state index contributed by atoms with van der Waals surface area (Å²) in [5.41, 5.74) is 0.812. The van der Waals surface area contributed by atoms with Crippen LogP contribution in [0.1, 0.15) is 54.6 Å². The van der Waals surface area contributed by atoms with E-state index in [0.717, 1.165) is 12.1 Å². The number of aryl methyl sites for hydroxylation is 2. The third-order valence-electron chi connectivity index (χ3n) is 6.09. The fourth-order valence-corrected chi connectivity index (χ4v) is 4.77. The largest absolute Gasteiger partial charge is 0.348 e. The van der Waals surface area contributed by atoms with Gasteiger partial charge in [-0.3, -0.25) is 9.59 Å². The average molecular weight is 397 g/mol. The van der Waals surface area contributed by atoms with Gasteiger partial charge in [-0.2, -0.15) is 4.98 Å². The van der Waals surface area contributed by atoms with Crippen LogP contribution in [-0.4, -0.2) is 51.0 Å². The van der Waals surface area contributed by atoms with Crippen molar-refractivity contribution in [3.05, 3.63) is 41.3 Å². The molecule has 3 heterocycles. The Bertz CT molecular complexity index is 940. The molecule has 0 radical (unpaired) electrons. The third-order valence-corrected chi connectivity index (χ3v) is 6.09. The van der Waals surface area contributed by atoms with Gasteiger partial charge >= 0.3 is 0 Å². The molecular formula is C21H27N5O3. The molecule has 8 nitrogen and oxygen atoms in total. The average Bonchev–Trinajstić information content (AvgIpc) is 3.33. The first-order chi connectivity index (χ1) is 13.8. The Balaban J connectivity index is 1.56. The highest BCUT2D eigenvalue weighted by Crippen LogP contribution is 2.50. The molecule has 1 aliphatic heterocycles. The minimum absolute atomic E-state index is 0.0293. The minimum Gasteiger partial charge on any atom is -0.348 e. The summed E-state index contributed by atoms with van der Waals surface area (Å²) in [5, 5.41) is 7.10. The Morgan fingerprint density at radius 3 is 2.72 bits per heavy atom. The number of hydrogen-bond acceptors (Lipinski definition) is 6. The van der Waals surface area contributed by atoms with E-state index in [0.29, 0.717) is 36.9 Å². The normalized spacial score (nSPS) is 26.0. The Morgan fingerprint density at radius 1 is 1.28 bits per heavy atom. The molecule has 29 heavy (non-hydrogen) atoms. The number of rotatable bonds is 4. The number of fused-ring (bicyclic) bond motifs is 1. The molecule has 0 unspecified atom stereocenters. The Kier molecular flexibility index (Phi) is 4.88. The number of carbonyl (C=O) groups is 2. The number of pyridine rings is 1. The molecule has 3 atom stereocenters. The Labute approximate surface area is 170 Å². The molecule has 2 aliphatic rings.